The predicted molar refractivity (Wildman–Crippen MR) is 128 cm³/mol. The number of hydrogen-bond donors (Lipinski definition) is 4. The Kier molecular flexibility index (Phi) is 6.10. The van der Waals surface area contributed by atoms with Crippen LogP contribution in [0, 0.1) is 32.9 Å². The number of nitriles is 2. The van der Waals surface area contributed by atoms with E-state index in [1.807, 2.05) is 6.07 Å². The van der Waals surface area contributed by atoms with Crippen molar-refractivity contribution in [3.8, 4) is 12.3 Å². The molecule has 0 fully saturated rings. The molecule has 0 aliphatic carbocycles. The minimum atomic E-state index is -0.888. The maximum absolute atomic E-state index is 11.9. The minimum Gasteiger partial charge on any atom is -0.397 e. The Morgan fingerprint density at radius 2 is 1.94 bits per heavy atom. The molecule has 4 rings (SSSR count). The molecule has 34 heavy (non-hydrogen) atoms. The number of nitrogen functional groups attached to an aromatic ring is 2. The van der Waals surface area contributed by atoms with Gasteiger partial charge in [0.1, 0.15) is 29.3 Å². The van der Waals surface area contributed by atoms with Crippen LogP contribution in [0.1, 0.15) is 22.7 Å². The number of rotatable bonds is 4. The first-order chi connectivity index (χ1) is 16.3. The van der Waals surface area contributed by atoms with Gasteiger partial charge in [-0.25, -0.2) is 9.98 Å². The quantitative estimate of drug-likeness (QED) is 0.180. The van der Waals surface area contributed by atoms with E-state index < -0.39 is 11.0 Å². The fourth-order valence-corrected chi connectivity index (χ4v) is 4.41. The monoisotopic (exact) mass is 491 g/mol. The summed E-state index contributed by atoms with van der Waals surface area (Å²) < 4.78 is 0. The first-order valence-electron chi connectivity index (χ1n) is 9.53. The average Bonchev–Trinajstić information content (AvgIpc) is 2.80. The van der Waals surface area contributed by atoms with Crippen LogP contribution in [0.15, 0.2) is 57.2 Å². The Morgan fingerprint density at radius 1 is 1.21 bits per heavy atom. The van der Waals surface area contributed by atoms with Crippen LogP contribution in [0.5, 0.6) is 0 Å². The number of nitro groups is 1. The lowest BCUT2D eigenvalue weighted by Crippen LogP contribution is -2.32. The topological polar surface area (TPSA) is 192 Å². The number of nitro benzene ring substituents is 1. The lowest BCUT2D eigenvalue weighted by atomic mass is 9.95. The maximum Gasteiger partial charge on any atom is 0.283 e. The lowest BCUT2D eigenvalue weighted by molar-refractivity contribution is -0.387. The van der Waals surface area contributed by atoms with Gasteiger partial charge in [0.15, 0.2) is 6.19 Å². The number of nitrogens with one attached hydrogen (secondary N) is 2. The summed E-state index contributed by atoms with van der Waals surface area (Å²) in [5, 5.41) is 36.1. The number of nitrogens with zero attached hydrogens (tertiary/aromatic N) is 5. The predicted octanol–water partition coefficient (Wildman–Crippen LogP) is 3.77. The van der Waals surface area contributed by atoms with Crippen LogP contribution < -0.4 is 22.1 Å². The van der Waals surface area contributed by atoms with Gasteiger partial charge < -0.3 is 16.8 Å². The standard InChI is InChI=1S/C21H14ClN9O2S/c22-11-2-4-12(5-3-11)34-15-6-1-10(7-14(15)31(32)33)18-16-17(25)13(8-23)19(26)29-20(16)30-21(28-18)27-9-24/h1-7,18H,(H6,25,26,27,28,29,30). The zero-order chi connectivity index (χ0) is 24.4. The van der Waals surface area contributed by atoms with Crippen molar-refractivity contribution in [2.45, 2.75) is 15.8 Å². The van der Waals surface area contributed by atoms with Gasteiger partial charge in [-0.3, -0.25) is 15.4 Å². The highest BCUT2D eigenvalue weighted by Gasteiger charge is 2.31. The van der Waals surface area contributed by atoms with E-state index >= 15 is 0 Å². The van der Waals surface area contributed by atoms with Gasteiger partial charge in [-0.05, 0) is 35.9 Å². The highest BCUT2D eigenvalue weighted by atomic mass is 35.5. The van der Waals surface area contributed by atoms with Crippen molar-refractivity contribution in [1.29, 1.82) is 10.5 Å². The van der Waals surface area contributed by atoms with Crippen LogP contribution in [-0.2, 0) is 0 Å². The summed E-state index contributed by atoms with van der Waals surface area (Å²) in [4.78, 5) is 21.2. The highest BCUT2D eigenvalue weighted by Crippen LogP contribution is 2.43. The van der Waals surface area contributed by atoms with Crippen molar-refractivity contribution < 1.29 is 4.92 Å². The molecule has 1 aromatic heterocycles. The molecular weight excluding hydrogens is 478 g/mol. The van der Waals surface area contributed by atoms with Crippen LogP contribution in [0.2, 0.25) is 5.02 Å². The fraction of sp³-hybridized carbons (Fsp3) is 0.0476. The molecule has 0 amide bonds. The van der Waals surface area contributed by atoms with E-state index in [0.717, 1.165) is 4.90 Å². The zero-order valence-corrected chi connectivity index (χ0v) is 18.7. The molecule has 0 bridgehead atoms. The summed E-state index contributed by atoms with van der Waals surface area (Å²) in [6, 6.07) is 12.6. The number of benzene rings is 2. The molecule has 11 nitrogen and oxygen atoms in total. The summed E-state index contributed by atoms with van der Waals surface area (Å²) in [5.74, 6) is 0.149. The highest BCUT2D eigenvalue weighted by molar-refractivity contribution is 7.99. The van der Waals surface area contributed by atoms with E-state index in [0.29, 0.717) is 21.0 Å². The first kappa shape index (κ1) is 22.7. The lowest BCUT2D eigenvalue weighted by Gasteiger charge is -2.26. The molecular formula is C21H14ClN9O2S. The number of hydrogen-bond acceptors (Lipinski definition) is 11. The molecule has 0 saturated heterocycles. The number of aromatic nitrogens is 1. The van der Waals surface area contributed by atoms with Gasteiger partial charge in [0.2, 0.25) is 5.96 Å². The molecule has 2 heterocycles. The van der Waals surface area contributed by atoms with Gasteiger partial charge in [-0.15, -0.1) is 0 Å². The van der Waals surface area contributed by atoms with E-state index in [1.165, 1.54) is 17.8 Å². The molecule has 1 aliphatic rings. The van der Waals surface area contributed by atoms with Crippen molar-refractivity contribution in [3.63, 3.8) is 0 Å². The van der Waals surface area contributed by atoms with Crippen LogP contribution in [-0.4, -0.2) is 15.9 Å². The SMILES string of the molecule is N#CNC1=NC(c2ccc(Sc3ccc(Cl)cc3)c([N+](=O)[O-])c2)c2c(nc(N)c(C#N)c2N)N1. The number of anilines is 3. The molecule has 13 heteroatoms. The van der Waals surface area contributed by atoms with E-state index in [9.17, 15) is 15.4 Å². The van der Waals surface area contributed by atoms with Crippen LogP contribution in [0.25, 0.3) is 0 Å². The number of nitrogens with two attached hydrogens (primary N) is 2. The van der Waals surface area contributed by atoms with Crippen molar-refractivity contribution in [3.05, 3.63) is 74.3 Å². The number of halogens is 1. The molecule has 0 radical (unpaired) electrons. The Labute approximate surface area is 202 Å². The number of guanidine groups is 1. The van der Waals surface area contributed by atoms with E-state index in [4.69, 9.17) is 28.3 Å². The van der Waals surface area contributed by atoms with E-state index in [1.54, 1.807) is 42.6 Å². The normalized spacial score (nSPS) is 14.1. The number of pyridine rings is 1. The van der Waals surface area contributed by atoms with Crippen molar-refractivity contribution in [1.82, 2.24) is 10.3 Å². The largest absolute Gasteiger partial charge is 0.397 e. The summed E-state index contributed by atoms with van der Waals surface area (Å²) in [6.07, 6.45) is 1.76. The van der Waals surface area contributed by atoms with Crippen LogP contribution in [0.4, 0.5) is 23.0 Å². The Balaban J connectivity index is 1.84. The van der Waals surface area contributed by atoms with Gasteiger partial charge in [0.05, 0.1) is 15.5 Å². The molecule has 1 unspecified atom stereocenters. The zero-order valence-electron chi connectivity index (χ0n) is 17.1. The molecule has 6 N–H and O–H groups in total. The summed E-state index contributed by atoms with van der Waals surface area (Å²) in [5.41, 5.74) is 12.7. The molecule has 0 saturated carbocycles. The third-order valence-electron chi connectivity index (χ3n) is 4.89. The summed E-state index contributed by atoms with van der Waals surface area (Å²) in [7, 11) is 0. The van der Waals surface area contributed by atoms with E-state index in [2.05, 4.69) is 20.6 Å². The molecule has 2 aromatic carbocycles. The second-order valence-corrected chi connectivity index (χ2v) is 8.49. The molecule has 3 aromatic rings. The second-order valence-electron chi connectivity index (χ2n) is 6.94. The summed E-state index contributed by atoms with van der Waals surface area (Å²) in [6.45, 7) is 0. The molecule has 168 valence electrons. The average molecular weight is 492 g/mol. The van der Waals surface area contributed by atoms with Crippen molar-refractivity contribution in [2.75, 3.05) is 16.8 Å². The maximum atomic E-state index is 11.9. The van der Waals surface area contributed by atoms with Gasteiger partial charge >= 0.3 is 0 Å². The number of aliphatic imine (C=N–C) groups is 1. The first-order valence-corrected chi connectivity index (χ1v) is 10.7. The Hall–Kier alpha value is -4.52. The second kappa shape index (κ2) is 9.15. The minimum absolute atomic E-state index is 0.0261. The molecule has 1 atom stereocenters. The van der Waals surface area contributed by atoms with Gasteiger partial charge in [-0.1, -0.05) is 29.4 Å². The van der Waals surface area contributed by atoms with Gasteiger partial charge in [0.25, 0.3) is 5.69 Å². The smallest absolute Gasteiger partial charge is 0.283 e. The van der Waals surface area contributed by atoms with E-state index in [-0.39, 0.29) is 34.5 Å². The van der Waals surface area contributed by atoms with Crippen molar-refractivity contribution >= 4 is 52.3 Å². The van der Waals surface area contributed by atoms with Gasteiger partial charge in [0, 0.05) is 21.5 Å². The van der Waals surface area contributed by atoms with Crippen LogP contribution >= 0.6 is 23.4 Å². The van der Waals surface area contributed by atoms with Crippen LogP contribution in [0.3, 0.4) is 0 Å². The third kappa shape index (κ3) is 4.23. The molecule has 1 aliphatic heterocycles. The Morgan fingerprint density at radius 3 is 2.59 bits per heavy atom. The van der Waals surface area contributed by atoms with Gasteiger partial charge in [-0.2, -0.15) is 10.5 Å². The summed E-state index contributed by atoms with van der Waals surface area (Å²) >= 11 is 7.13. The third-order valence-corrected chi connectivity index (χ3v) is 6.22. The Bertz CT molecular complexity index is 1430. The molecule has 0 spiro atoms. The van der Waals surface area contributed by atoms with Crippen molar-refractivity contribution in [2.24, 2.45) is 4.99 Å². The fourth-order valence-electron chi connectivity index (χ4n) is 3.39. The number of fused-ring (bicyclic) bond motifs is 1.